The minimum absolute atomic E-state index is 0.190. The highest BCUT2D eigenvalue weighted by Crippen LogP contribution is 2.18. The van der Waals surface area contributed by atoms with Gasteiger partial charge in [0.2, 0.25) is 0 Å². The van der Waals surface area contributed by atoms with Crippen molar-refractivity contribution in [2.45, 2.75) is 35.3 Å². The van der Waals surface area contributed by atoms with Crippen LogP contribution >= 0.6 is 0 Å². The van der Waals surface area contributed by atoms with E-state index in [-0.39, 0.29) is 15.7 Å². The van der Waals surface area contributed by atoms with Crippen molar-refractivity contribution in [3.05, 3.63) is 54.1 Å². The SMILES string of the molecule is CC(C)S(=O)(=O)c1ccc(C(=O)N(C)CCCOc2cccc(S(C)(=O)=O)c2)cc1. The lowest BCUT2D eigenvalue weighted by Gasteiger charge is -2.18. The van der Waals surface area contributed by atoms with E-state index in [0.29, 0.717) is 30.9 Å². The van der Waals surface area contributed by atoms with Gasteiger partial charge in [-0.25, -0.2) is 16.8 Å². The predicted molar refractivity (Wildman–Crippen MR) is 115 cm³/mol. The molecule has 0 atom stereocenters. The normalized spacial score (nSPS) is 12.0. The second-order valence-electron chi connectivity index (χ2n) is 7.29. The molecular formula is C21H27NO6S2. The Morgan fingerprint density at radius 1 is 1.00 bits per heavy atom. The largest absolute Gasteiger partial charge is 0.493 e. The summed E-state index contributed by atoms with van der Waals surface area (Å²) < 4.78 is 53.1. The molecule has 0 aliphatic carbocycles. The molecule has 0 N–H and O–H groups in total. The molecule has 1 amide bonds. The molecule has 30 heavy (non-hydrogen) atoms. The molecule has 0 heterocycles. The molecule has 2 aromatic carbocycles. The first-order valence-electron chi connectivity index (χ1n) is 9.45. The van der Waals surface area contributed by atoms with Crippen LogP contribution in [0.4, 0.5) is 0 Å². The monoisotopic (exact) mass is 453 g/mol. The summed E-state index contributed by atoms with van der Waals surface area (Å²) in [6, 6.07) is 12.2. The Balaban J connectivity index is 1.89. The van der Waals surface area contributed by atoms with E-state index in [9.17, 15) is 21.6 Å². The second-order valence-corrected chi connectivity index (χ2v) is 11.8. The lowest BCUT2D eigenvalue weighted by Crippen LogP contribution is -2.28. The van der Waals surface area contributed by atoms with Crippen LogP contribution in [0.3, 0.4) is 0 Å². The Bertz CT molecular complexity index is 1090. The van der Waals surface area contributed by atoms with Crippen LogP contribution in [-0.2, 0) is 19.7 Å². The number of rotatable bonds is 9. The van der Waals surface area contributed by atoms with Crippen molar-refractivity contribution in [2.24, 2.45) is 0 Å². The molecule has 9 heteroatoms. The van der Waals surface area contributed by atoms with E-state index in [0.717, 1.165) is 6.26 Å². The van der Waals surface area contributed by atoms with Crippen molar-refractivity contribution in [1.29, 1.82) is 0 Å². The number of carbonyl (C=O) groups is 1. The fraction of sp³-hybridized carbons (Fsp3) is 0.381. The van der Waals surface area contributed by atoms with Crippen LogP contribution in [0.5, 0.6) is 5.75 Å². The molecule has 0 fully saturated rings. The van der Waals surface area contributed by atoms with Crippen molar-refractivity contribution in [2.75, 3.05) is 26.5 Å². The van der Waals surface area contributed by atoms with E-state index in [1.54, 1.807) is 33.0 Å². The first-order chi connectivity index (χ1) is 13.9. The molecular weight excluding hydrogens is 426 g/mol. The lowest BCUT2D eigenvalue weighted by atomic mass is 10.2. The number of ether oxygens (including phenoxy) is 1. The van der Waals surface area contributed by atoms with E-state index in [1.165, 1.54) is 41.3 Å². The Kier molecular flexibility index (Phi) is 7.65. The predicted octanol–water partition coefficient (Wildman–Crippen LogP) is 2.81. The molecule has 0 aromatic heterocycles. The van der Waals surface area contributed by atoms with Gasteiger partial charge in [0.15, 0.2) is 19.7 Å². The molecule has 0 saturated heterocycles. The summed E-state index contributed by atoms with van der Waals surface area (Å²) >= 11 is 0. The van der Waals surface area contributed by atoms with Crippen LogP contribution < -0.4 is 4.74 Å². The maximum atomic E-state index is 12.5. The molecule has 0 spiro atoms. The zero-order chi connectivity index (χ0) is 22.5. The van der Waals surface area contributed by atoms with Crippen molar-refractivity contribution in [1.82, 2.24) is 4.90 Å². The summed E-state index contributed by atoms with van der Waals surface area (Å²) in [7, 11) is -5.02. The van der Waals surface area contributed by atoms with Gasteiger partial charge in [0.05, 0.1) is 21.6 Å². The maximum absolute atomic E-state index is 12.5. The fourth-order valence-corrected chi connectivity index (χ4v) is 4.38. The number of amides is 1. The summed E-state index contributed by atoms with van der Waals surface area (Å²) in [4.78, 5) is 14.4. The van der Waals surface area contributed by atoms with E-state index >= 15 is 0 Å². The van der Waals surface area contributed by atoms with Gasteiger partial charge in [0.25, 0.3) is 5.91 Å². The Morgan fingerprint density at radius 3 is 2.20 bits per heavy atom. The van der Waals surface area contributed by atoms with E-state index < -0.39 is 24.9 Å². The molecule has 2 aromatic rings. The Labute approximate surface area is 178 Å². The van der Waals surface area contributed by atoms with Gasteiger partial charge in [-0.3, -0.25) is 4.79 Å². The van der Waals surface area contributed by atoms with Gasteiger partial charge in [-0.1, -0.05) is 6.07 Å². The quantitative estimate of drug-likeness (QED) is 0.542. The van der Waals surface area contributed by atoms with Crippen molar-refractivity contribution in [3.63, 3.8) is 0 Å². The van der Waals surface area contributed by atoms with Crippen molar-refractivity contribution < 1.29 is 26.4 Å². The van der Waals surface area contributed by atoms with Crippen LogP contribution in [0, 0.1) is 0 Å². The molecule has 7 nitrogen and oxygen atoms in total. The third-order valence-corrected chi connectivity index (χ3v) is 7.82. The molecule has 164 valence electrons. The van der Waals surface area contributed by atoms with Crippen molar-refractivity contribution in [3.8, 4) is 5.75 Å². The van der Waals surface area contributed by atoms with Gasteiger partial charge in [-0.15, -0.1) is 0 Å². The average molecular weight is 454 g/mol. The number of hydrogen-bond acceptors (Lipinski definition) is 6. The molecule has 2 rings (SSSR count). The third-order valence-electron chi connectivity index (χ3n) is 4.54. The molecule has 0 aliphatic rings. The Morgan fingerprint density at radius 2 is 1.63 bits per heavy atom. The summed E-state index contributed by atoms with van der Waals surface area (Å²) in [5, 5.41) is -0.528. The summed E-state index contributed by atoms with van der Waals surface area (Å²) in [6.07, 6.45) is 1.68. The van der Waals surface area contributed by atoms with E-state index in [2.05, 4.69) is 0 Å². The molecule has 0 bridgehead atoms. The molecule has 0 saturated carbocycles. The second kappa shape index (κ2) is 9.61. The summed E-state index contributed by atoms with van der Waals surface area (Å²) in [6.45, 7) is 3.97. The number of nitrogens with zero attached hydrogens (tertiary/aromatic N) is 1. The highest BCUT2D eigenvalue weighted by Gasteiger charge is 2.20. The van der Waals surface area contributed by atoms with Crippen LogP contribution in [0.25, 0.3) is 0 Å². The van der Waals surface area contributed by atoms with Crippen molar-refractivity contribution >= 4 is 25.6 Å². The molecule has 0 aliphatic heterocycles. The highest BCUT2D eigenvalue weighted by molar-refractivity contribution is 7.92. The van der Waals surface area contributed by atoms with Gasteiger partial charge in [0.1, 0.15) is 5.75 Å². The minimum Gasteiger partial charge on any atom is -0.493 e. The van der Waals surface area contributed by atoms with Crippen LogP contribution in [0.2, 0.25) is 0 Å². The van der Waals surface area contributed by atoms with Crippen LogP contribution in [-0.4, -0.2) is 59.3 Å². The average Bonchev–Trinajstić information content (AvgIpc) is 2.70. The van der Waals surface area contributed by atoms with E-state index in [4.69, 9.17) is 4.74 Å². The fourth-order valence-electron chi connectivity index (χ4n) is 2.67. The zero-order valence-electron chi connectivity index (χ0n) is 17.5. The van der Waals surface area contributed by atoms with Crippen LogP contribution in [0.1, 0.15) is 30.6 Å². The zero-order valence-corrected chi connectivity index (χ0v) is 19.2. The lowest BCUT2D eigenvalue weighted by molar-refractivity contribution is 0.0787. The summed E-state index contributed by atoms with van der Waals surface area (Å²) in [5.41, 5.74) is 0.405. The number of sulfone groups is 2. The standard InChI is InChI=1S/C21H27NO6S2/c1-16(2)30(26,27)19-11-9-17(10-12-19)21(23)22(3)13-6-14-28-18-7-5-8-20(15-18)29(4,24)25/h5,7-12,15-16H,6,13-14H2,1-4H3. The van der Waals surface area contributed by atoms with E-state index in [1.807, 2.05) is 0 Å². The first kappa shape index (κ1) is 23.9. The third kappa shape index (κ3) is 6.06. The smallest absolute Gasteiger partial charge is 0.253 e. The van der Waals surface area contributed by atoms with Gasteiger partial charge < -0.3 is 9.64 Å². The van der Waals surface area contributed by atoms with Gasteiger partial charge in [-0.2, -0.15) is 0 Å². The van der Waals surface area contributed by atoms with Gasteiger partial charge in [0, 0.05) is 25.4 Å². The minimum atomic E-state index is -3.38. The summed E-state index contributed by atoms with van der Waals surface area (Å²) in [5.74, 6) is 0.233. The van der Waals surface area contributed by atoms with Gasteiger partial charge >= 0.3 is 0 Å². The highest BCUT2D eigenvalue weighted by atomic mass is 32.2. The maximum Gasteiger partial charge on any atom is 0.253 e. The number of benzene rings is 2. The number of carbonyl (C=O) groups excluding carboxylic acids is 1. The molecule has 0 unspecified atom stereocenters. The number of hydrogen-bond donors (Lipinski definition) is 0. The van der Waals surface area contributed by atoms with Gasteiger partial charge in [-0.05, 0) is 62.7 Å². The first-order valence-corrected chi connectivity index (χ1v) is 12.9. The molecule has 0 radical (unpaired) electrons. The Hall–Kier alpha value is -2.39. The topological polar surface area (TPSA) is 97.8 Å². The van der Waals surface area contributed by atoms with Crippen LogP contribution in [0.15, 0.2) is 58.3 Å².